The molecule has 2 aromatic rings. The summed E-state index contributed by atoms with van der Waals surface area (Å²) in [5.41, 5.74) is 1.26. The van der Waals surface area contributed by atoms with Gasteiger partial charge < -0.3 is 10.3 Å². The second kappa shape index (κ2) is 3.84. The van der Waals surface area contributed by atoms with Gasteiger partial charge in [-0.15, -0.1) is 0 Å². The molecule has 4 nitrogen and oxygen atoms in total. The predicted molar refractivity (Wildman–Crippen MR) is 61.1 cm³/mol. The van der Waals surface area contributed by atoms with Crippen molar-refractivity contribution in [2.45, 2.75) is 12.8 Å². The van der Waals surface area contributed by atoms with Crippen LogP contribution < -0.4 is 5.32 Å². The maximum atomic E-state index is 13.7. The lowest BCUT2D eigenvalue weighted by atomic mass is 10.1. The van der Waals surface area contributed by atoms with Gasteiger partial charge in [-0.25, -0.2) is 9.37 Å². The van der Waals surface area contributed by atoms with Crippen molar-refractivity contribution < 1.29 is 9.18 Å². The van der Waals surface area contributed by atoms with E-state index in [1.54, 1.807) is 0 Å². The standard InChI is InChI=1S/C12H12FN3O/c13-9-4-11-10(15-6-16-11)3-8(9)12(17)14-5-7-1-2-7/h3-4,6-7H,1-2,5H2,(H,14,17)(H,15,16). The van der Waals surface area contributed by atoms with Crippen molar-refractivity contribution in [2.75, 3.05) is 6.54 Å². The van der Waals surface area contributed by atoms with Crippen LogP contribution in [0.4, 0.5) is 4.39 Å². The van der Waals surface area contributed by atoms with Crippen molar-refractivity contribution in [1.82, 2.24) is 15.3 Å². The van der Waals surface area contributed by atoms with E-state index in [0.29, 0.717) is 23.5 Å². The van der Waals surface area contributed by atoms with E-state index >= 15 is 0 Å². The normalized spacial score (nSPS) is 15.1. The number of H-pyrrole nitrogens is 1. The summed E-state index contributed by atoms with van der Waals surface area (Å²) in [6.45, 7) is 0.636. The Morgan fingerprint density at radius 3 is 3.12 bits per heavy atom. The number of carbonyl (C=O) groups excluding carboxylic acids is 1. The Morgan fingerprint density at radius 2 is 2.35 bits per heavy atom. The van der Waals surface area contributed by atoms with Gasteiger partial charge in [0.25, 0.3) is 5.91 Å². The molecule has 17 heavy (non-hydrogen) atoms. The number of aromatic amines is 1. The van der Waals surface area contributed by atoms with Gasteiger partial charge >= 0.3 is 0 Å². The second-order valence-corrected chi connectivity index (χ2v) is 4.41. The molecule has 1 heterocycles. The minimum Gasteiger partial charge on any atom is -0.352 e. The monoisotopic (exact) mass is 233 g/mol. The fourth-order valence-electron chi connectivity index (χ4n) is 1.78. The van der Waals surface area contributed by atoms with Crippen molar-refractivity contribution in [1.29, 1.82) is 0 Å². The molecular weight excluding hydrogens is 221 g/mol. The Kier molecular flexibility index (Phi) is 2.31. The number of benzene rings is 1. The van der Waals surface area contributed by atoms with E-state index < -0.39 is 5.82 Å². The maximum absolute atomic E-state index is 13.7. The summed E-state index contributed by atoms with van der Waals surface area (Å²) in [6.07, 6.45) is 3.79. The largest absolute Gasteiger partial charge is 0.352 e. The Morgan fingerprint density at radius 1 is 1.53 bits per heavy atom. The third-order valence-electron chi connectivity index (χ3n) is 3.00. The minimum atomic E-state index is -0.518. The molecule has 1 fully saturated rings. The second-order valence-electron chi connectivity index (χ2n) is 4.41. The van der Waals surface area contributed by atoms with Crippen LogP contribution in [0.3, 0.4) is 0 Å². The molecule has 0 unspecified atom stereocenters. The molecule has 88 valence electrons. The van der Waals surface area contributed by atoms with Crippen molar-refractivity contribution in [2.24, 2.45) is 5.92 Å². The Labute approximate surface area is 97.2 Å². The van der Waals surface area contributed by atoms with Crippen LogP contribution >= 0.6 is 0 Å². The number of rotatable bonds is 3. The van der Waals surface area contributed by atoms with Gasteiger partial charge in [0.15, 0.2) is 0 Å². The van der Waals surface area contributed by atoms with Crippen LogP contribution in [0.1, 0.15) is 23.2 Å². The Bertz CT molecular complexity index is 574. The Balaban J connectivity index is 1.86. The minimum absolute atomic E-state index is 0.0604. The van der Waals surface area contributed by atoms with Gasteiger partial charge in [-0.2, -0.15) is 0 Å². The van der Waals surface area contributed by atoms with Crippen LogP contribution in [0.2, 0.25) is 0 Å². The lowest BCUT2D eigenvalue weighted by Gasteiger charge is -2.05. The first-order chi connectivity index (χ1) is 8.24. The first-order valence-electron chi connectivity index (χ1n) is 5.65. The van der Waals surface area contributed by atoms with Crippen LogP contribution in [-0.4, -0.2) is 22.4 Å². The highest BCUT2D eigenvalue weighted by molar-refractivity contribution is 5.97. The summed E-state index contributed by atoms with van der Waals surface area (Å²) in [7, 11) is 0. The summed E-state index contributed by atoms with van der Waals surface area (Å²) < 4.78 is 13.7. The average molecular weight is 233 g/mol. The third-order valence-corrected chi connectivity index (χ3v) is 3.00. The van der Waals surface area contributed by atoms with Crippen LogP contribution in [0.15, 0.2) is 18.5 Å². The molecule has 0 radical (unpaired) electrons. The van der Waals surface area contributed by atoms with Crippen molar-refractivity contribution in [3.63, 3.8) is 0 Å². The zero-order chi connectivity index (χ0) is 11.8. The first kappa shape index (κ1) is 10.3. The fourth-order valence-corrected chi connectivity index (χ4v) is 1.78. The summed E-state index contributed by atoms with van der Waals surface area (Å²) in [5, 5.41) is 2.74. The number of imidazole rings is 1. The predicted octanol–water partition coefficient (Wildman–Crippen LogP) is 1.84. The van der Waals surface area contributed by atoms with Crippen LogP contribution in [0.25, 0.3) is 11.0 Å². The van der Waals surface area contributed by atoms with Crippen LogP contribution in [0, 0.1) is 11.7 Å². The first-order valence-corrected chi connectivity index (χ1v) is 5.65. The smallest absolute Gasteiger partial charge is 0.254 e. The number of aromatic nitrogens is 2. The van der Waals surface area contributed by atoms with E-state index in [9.17, 15) is 9.18 Å². The highest BCUT2D eigenvalue weighted by atomic mass is 19.1. The quantitative estimate of drug-likeness (QED) is 0.849. The maximum Gasteiger partial charge on any atom is 0.254 e. The molecular formula is C12H12FN3O. The summed E-state index contributed by atoms with van der Waals surface area (Å²) >= 11 is 0. The number of hydrogen-bond acceptors (Lipinski definition) is 2. The van der Waals surface area contributed by atoms with E-state index in [-0.39, 0.29) is 11.5 Å². The lowest BCUT2D eigenvalue weighted by molar-refractivity contribution is 0.0948. The molecule has 5 heteroatoms. The van der Waals surface area contributed by atoms with Crippen LogP contribution in [-0.2, 0) is 0 Å². The van der Waals surface area contributed by atoms with Crippen molar-refractivity contribution in [3.8, 4) is 0 Å². The molecule has 1 saturated carbocycles. The van der Waals surface area contributed by atoms with Gasteiger partial charge in [0, 0.05) is 12.6 Å². The number of halogens is 1. The fraction of sp³-hybridized carbons (Fsp3) is 0.333. The molecule has 2 N–H and O–H groups in total. The van der Waals surface area contributed by atoms with Crippen LogP contribution in [0.5, 0.6) is 0 Å². The van der Waals surface area contributed by atoms with Gasteiger partial charge in [-0.1, -0.05) is 0 Å². The molecule has 1 amide bonds. The number of carbonyl (C=O) groups is 1. The molecule has 0 bridgehead atoms. The van der Waals surface area contributed by atoms with E-state index in [2.05, 4.69) is 15.3 Å². The number of hydrogen-bond donors (Lipinski definition) is 2. The molecule has 3 rings (SSSR count). The zero-order valence-electron chi connectivity index (χ0n) is 9.16. The molecule has 0 atom stereocenters. The number of fused-ring (bicyclic) bond motifs is 1. The molecule has 0 saturated heterocycles. The number of nitrogens with zero attached hydrogens (tertiary/aromatic N) is 1. The molecule has 1 aliphatic rings. The molecule has 0 aliphatic heterocycles. The molecule has 1 aromatic carbocycles. The zero-order valence-corrected chi connectivity index (χ0v) is 9.16. The van der Waals surface area contributed by atoms with Gasteiger partial charge in [0.05, 0.1) is 22.9 Å². The highest BCUT2D eigenvalue weighted by Crippen LogP contribution is 2.27. The van der Waals surface area contributed by atoms with E-state index in [1.165, 1.54) is 18.5 Å². The Hall–Kier alpha value is -1.91. The average Bonchev–Trinajstić information content (AvgIpc) is 3.03. The van der Waals surface area contributed by atoms with Crippen molar-refractivity contribution in [3.05, 3.63) is 29.8 Å². The number of amides is 1. The van der Waals surface area contributed by atoms with Crippen molar-refractivity contribution >= 4 is 16.9 Å². The van der Waals surface area contributed by atoms with Gasteiger partial charge in [-0.05, 0) is 24.8 Å². The van der Waals surface area contributed by atoms with E-state index in [4.69, 9.17) is 0 Å². The SMILES string of the molecule is O=C(NCC1CC1)c1cc2nc[nH]c2cc1F. The molecule has 1 aromatic heterocycles. The van der Waals surface area contributed by atoms with Gasteiger partial charge in [0.2, 0.25) is 0 Å². The topological polar surface area (TPSA) is 57.8 Å². The lowest BCUT2D eigenvalue weighted by Crippen LogP contribution is -2.26. The van der Waals surface area contributed by atoms with Gasteiger partial charge in [-0.3, -0.25) is 4.79 Å². The summed E-state index contributed by atoms with van der Waals surface area (Å²) in [6, 6.07) is 2.78. The third kappa shape index (κ3) is 2.00. The molecule has 1 aliphatic carbocycles. The number of nitrogens with one attached hydrogen (secondary N) is 2. The summed E-state index contributed by atoms with van der Waals surface area (Å²) in [4.78, 5) is 18.6. The highest BCUT2D eigenvalue weighted by Gasteiger charge is 2.22. The molecule has 0 spiro atoms. The van der Waals surface area contributed by atoms with E-state index in [1.807, 2.05) is 0 Å². The van der Waals surface area contributed by atoms with Gasteiger partial charge in [0.1, 0.15) is 5.82 Å². The summed E-state index contributed by atoms with van der Waals surface area (Å²) in [5.74, 6) is -0.300. The van der Waals surface area contributed by atoms with E-state index in [0.717, 1.165) is 12.8 Å².